The summed E-state index contributed by atoms with van der Waals surface area (Å²) in [6, 6.07) is 5.16. The first-order valence-electron chi connectivity index (χ1n) is 7.90. The number of alkyl carbamates (subject to hydrolysis) is 1. The summed E-state index contributed by atoms with van der Waals surface area (Å²) < 4.78 is 9.96. The number of rotatable bonds is 6. The molecule has 0 aliphatic heterocycles. The van der Waals surface area contributed by atoms with Crippen LogP contribution in [0.5, 0.6) is 0 Å². The van der Waals surface area contributed by atoms with Crippen LogP contribution in [0.25, 0.3) is 0 Å². The number of aliphatic hydroxyl groups is 1. The van der Waals surface area contributed by atoms with Crippen LogP contribution < -0.4 is 5.32 Å². The summed E-state index contributed by atoms with van der Waals surface area (Å²) >= 11 is 0. The second-order valence-corrected chi connectivity index (χ2v) is 6.75. The largest absolute Gasteiger partial charge is 0.469 e. The molecule has 6 heteroatoms. The maximum absolute atomic E-state index is 12.0. The first kappa shape index (κ1) is 20.0. The summed E-state index contributed by atoms with van der Waals surface area (Å²) in [4.78, 5) is 23.6. The van der Waals surface area contributed by atoms with E-state index in [1.54, 1.807) is 20.8 Å². The van der Waals surface area contributed by atoms with Crippen LogP contribution in [0, 0.1) is 6.92 Å². The van der Waals surface area contributed by atoms with Crippen molar-refractivity contribution in [3.05, 3.63) is 34.9 Å². The topological polar surface area (TPSA) is 84.9 Å². The zero-order valence-corrected chi connectivity index (χ0v) is 15.0. The minimum Gasteiger partial charge on any atom is -0.469 e. The summed E-state index contributed by atoms with van der Waals surface area (Å²) in [6.45, 7) is 7.21. The highest BCUT2D eigenvalue weighted by Crippen LogP contribution is 2.16. The molecule has 0 bridgehead atoms. The van der Waals surface area contributed by atoms with Gasteiger partial charge in [-0.2, -0.15) is 0 Å². The Morgan fingerprint density at radius 2 is 1.96 bits per heavy atom. The molecule has 1 aromatic rings. The average molecular weight is 337 g/mol. The van der Waals surface area contributed by atoms with E-state index in [2.05, 4.69) is 5.32 Å². The van der Waals surface area contributed by atoms with E-state index < -0.39 is 23.7 Å². The lowest BCUT2D eigenvalue weighted by Crippen LogP contribution is -2.41. The van der Waals surface area contributed by atoms with E-state index in [1.165, 1.54) is 7.11 Å². The second-order valence-electron chi connectivity index (χ2n) is 6.75. The highest BCUT2D eigenvalue weighted by Gasteiger charge is 2.22. The molecule has 134 valence electrons. The Hall–Kier alpha value is -2.08. The average Bonchev–Trinajstić information content (AvgIpc) is 2.47. The minimum absolute atomic E-state index is 0.0402. The Labute approximate surface area is 143 Å². The van der Waals surface area contributed by atoms with Gasteiger partial charge in [0.2, 0.25) is 0 Å². The van der Waals surface area contributed by atoms with Crippen LogP contribution in [0.15, 0.2) is 18.2 Å². The SMILES string of the molecule is COC(=O)CC(Cc1cc(CO)ccc1C)NC(=O)OC(C)(C)C. The maximum Gasteiger partial charge on any atom is 0.407 e. The van der Waals surface area contributed by atoms with E-state index >= 15 is 0 Å². The lowest BCUT2D eigenvalue weighted by molar-refractivity contribution is -0.141. The molecule has 0 aliphatic rings. The molecule has 1 aromatic carbocycles. The fourth-order valence-electron chi connectivity index (χ4n) is 2.24. The van der Waals surface area contributed by atoms with Crippen molar-refractivity contribution in [3.63, 3.8) is 0 Å². The number of aryl methyl sites for hydroxylation is 1. The van der Waals surface area contributed by atoms with Gasteiger partial charge in [0.25, 0.3) is 0 Å². The van der Waals surface area contributed by atoms with Gasteiger partial charge >= 0.3 is 12.1 Å². The third kappa shape index (κ3) is 7.00. The number of methoxy groups -OCH3 is 1. The van der Waals surface area contributed by atoms with E-state index in [0.717, 1.165) is 16.7 Å². The van der Waals surface area contributed by atoms with Crippen LogP contribution in [-0.4, -0.2) is 35.9 Å². The molecule has 0 saturated carbocycles. The molecule has 24 heavy (non-hydrogen) atoms. The molecule has 2 N–H and O–H groups in total. The molecule has 6 nitrogen and oxygen atoms in total. The van der Waals surface area contributed by atoms with Gasteiger partial charge in [0.1, 0.15) is 5.60 Å². The van der Waals surface area contributed by atoms with Gasteiger partial charge in [-0.3, -0.25) is 4.79 Å². The highest BCUT2D eigenvalue weighted by molar-refractivity contribution is 5.73. The molecule has 0 radical (unpaired) electrons. The van der Waals surface area contributed by atoms with Gasteiger partial charge in [-0.1, -0.05) is 18.2 Å². The van der Waals surface area contributed by atoms with Crippen molar-refractivity contribution in [2.75, 3.05) is 7.11 Å². The quantitative estimate of drug-likeness (QED) is 0.779. The van der Waals surface area contributed by atoms with Gasteiger partial charge in [-0.25, -0.2) is 4.79 Å². The Bertz CT molecular complexity index is 577. The lowest BCUT2D eigenvalue weighted by atomic mass is 9.97. The van der Waals surface area contributed by atoms with Crippen LogP contribution >= 0.6 is 0 Å². The maximum atomic E-state index is 12.0. The molecular weight excluding hydrogens is 310 g/mol. The van der Waals surface area contributed by atoms with E-state index in [4.69, 9.17) is 9.47 Å². The van der Waals surface area contributed by atoms with Crippen molar-refractivity contribution in [2.45, 2.75) is 58.8 Å². The number of carbonyl (C=O) groups is 2. The number of amides is 1. The lowest BCUT2D eigenvalue weighted by Gasteiger charge is -2.24. The normalized spacial score (nSPS) is 12.4. The van der Waals surface area contributed by atoms with Crippen molar-refractivity contribution in [3.8, 4) is 0 Å². The number of hydrogen-bond acceptors (Lipinski definition) is 5. The van der Waals surface area contributed by atoms with Crippen molar-refractivity contribution in [1.29, 1.82) is 0 Å². The molecule has 1 unspecified atom stereocenters. The van der Waals surface area contributed by atoms with Gasteiger partial charge in [0, 0.05) is 6.04 Å². The Balaban J connectivity index is 2.89. The standard InChI is InChI=1S/C18H27NO5/c1-12-6-7-13(11-20)8-14(12)9-15(10-16(21)23-5)19-17(22)24-18(2,3)4/h6-8,15,20H,9-11H2,1-5H3,(H,19,22). The van der Waals surface area contributed by atoms with Gasteiger partial charge in [-0.15, -0.1) is 0 Å². The van der Waals surface area contributed by atoms with E-state index in [-0.39, 0.29) is 13.0 Å². The van der Waals surface area contributed by atoms with Gasteiger partial charge in [0.15, 0.2) is 0 Å². The van der Waals surface area contributed by atoms with Gasteiger partial charge in [0.05, 0.1) is 20.1 Å². The Morgan fingerprint density at radius 1 is 1.29 bits per heavy atom. The predicted octanol–water partition coefficient (Wildman–Crippen LogP) is 2.49. The summed E-state index contributed by atoms with van der Waals surface area (Å²) in [5.41, 5.74) is 2.14. The molecule has 1 amide bonds. The van der Waals surface area contributed by atoms with E-state index in [0.29, 0.717) is 6.42 Å². The van der Waals surface area contributed by atoms with Crippen LogP contribution in [0.1, 0.15) is 43.9 Å². The number of aliphatic hydroxyl groups excluding tert-OH is 1. The van der Waals surface area contributed by atoms with E-state index in [1.807, 2.05) is 25.1 Å². The second kappa shape index (κ2) is 8.68. The number of benzene rings is 1. The molecular formula is C18H27NO5. The summed E-state index contributed by atoms with van der Waals surface area (Å²) in [6.07, 6.45) is -0.0978. The Kier molecular flexibility index (Phi) is 7.22. The first-order valence-corrected chi connectivity index (χ1v) is 7.90. The monoisotopic (exact) mass is 337 g/mol. The summed E-state index contributed by atoms with van der Waals surface area (Å²) in [5, 5.41) is 12.0. The molecule has 0 aromatic heterocycles. The van der Waals surface area contributed by atoms with Crippen LogP contribution in [0.4, 0.5) is 4.79 Å². The van der Waals surface area contributed by atoms with Crippen molar-refractivity contribution in [1.82, 2.24) is 5.32 Å². The first-order chi connectivity index (χ1) is 11.1. The van der Waals surface area contributed by atoms with Crippen molar-refractivity contribution >= 4 is 12.1 Å². The van der Waals surface area contributed by atoms with E-state index in [9.17, 15) is 14.7 Å². The van der Waals surface area contributed by atoms with Crippen molar-refractivity contribution < 1.29 is 24.2 Å². The molecule has 0 saturated heterocycles. The minimum atomic E-state index is -0.618. The number of nitrogens with one attached hydrogen (secondary N) is 1. The Morgan fingerprint density at radius 3 is 2.50 bits per heavy atom. The molecule has 0 heterocycles. The smallest absolute Gasteiger partial charge is 0.407 e. The third-order valence-corrected chi connectivity index (χ3v) is 3.42. The van der Waals surface area contributed by atoms with Crippen LogP contribution in [0.3, 0.4) is 0 Å². The van der Waals surface area contributed by atoms with Crippen molar-refractivity contribution in [2.24, 2.45) is 0 Å². The summed E-state index contributed by atoms with van der Waals surface area (Å²) in [5.74, 6) is -0.410. The highest BCUT2D eigenvalue weighted by atomic mass is 16.6. The van der Waals surface area contributed by atoms with Crippen LogP contribution in [0.2, 0.25) is 0 Å². The molecule has 0 fully saturated rings. The third-order valence-electron chi connectivity index (χ3n) is 3.42. The van der Waals surface area contributed by atoms with Gasteiger partial charge in [-0.05, 0) is 50.8 Å². The predicted molar refractivity (Wildman–Crippen MR) is 90.6 cm³/mol. The molecule has 0 spiro atoms. The van der Waals surface area contributed by atoms with Crippen LogP contribution in [-0.2, 0) is 27.3 Å². The number of esters is 1. The fourth-order valence-corrected chi connectivity index (χ4v) is 2.24. The number of carbonyl (C=O) groups excluding carboxylic acids is 2. The molecule has 1 rings (SSSR count). The summed E-state index contributed by atoms with van der Waals surface area (Å²) in [7, 11) is 1.31. The molecule has 0 aliphatic carbocycles. The zero-order chi connectivity index (χ0) is 18.3. The molecule has 1 atom stereocenters. The fraction of sp³-hybridized carbons (Fsp3) is 0.556. The van der Waals surface area contributed by atoms with Gasteiger partial charge < -0.3 is 19.9 Å². The number of hydrogen-bond donors (Lipinski definition) is 2. The zero-order valence-electron chi connectivity index (χ0n) is 15.0. The number of ether oxygens (including phenoxy) is 2.